The first kappa shape index (κ1) is 18.8. The molecule has 1 aromatic heterocycles. The lowest BCUT2D eigenvalue weighted by Gasteiger charge is -2.19. The second-order valence-corrected chi connectivity index (χ2v) is 6.84. The molecule has 8 heteroatoms. The van der Waals surface area contributed by atoms with E-state index >= 15 is 0 Å². The predicted molar refractivity (Wildman–Crippen MR) is 105 cm³/mol. The van der Waals surface area contributed by atoms with E-state index in [-0.39, 0.29) is 18.9 Å². The maximum atomic E-state index is 12.6. The largest absolute Gasteiger partial charge is 0.457 e. The molecule has 0 saturated carbocycles. The van der Waals surface area contributed by atoms with Crippen LogP contribution in [0.4, 0.5) is 5.69 Å². The molecule has 1 atom stereocenters. The van der Waals surface area contributed by atoms with Crippen LogP contribution in [0.5, 0.6) is 0 Å². The number of carbonyl (C=O) groups excluding carboxylic acids is 2. The number of rotatable bonds is 6. The third-order valence-electron chi connectivity index (χ3n) is 5.00. The highest BCUT2D eigenvalue weighted by atomic mass is 16.5. The molecule has 2 heterocycles. The SMILES string of the molecule is CCc1ccccc1N1CC(C(=O)OCc2nnnn2-c2ccccc2)CC1=O. The summed E-state index contributed by atoms with van der Waals surface area (Å²) < 4.78 is 6.97. The van der Waals surface area contributed by atoms with Gasteiger partial charge in [0.2, 0.25) is 5.91 Å². The van der Waals surface area contributed by atoms with Crippen molar-refractivity contribution in [1.82, 2.24) is 20.2 Å². The number of aromatic nitrogens is 4. The van der Waals surface area contributed by atoms with Crippen molar-refractivity contribution in [3.05, 3.63) is 66.0 Å². The van der Waals surface area contributed by atoms with Gasteiger partial charge in [0.15, 0.2) is 12.4 Å². The van der Waals surface area contributed by atoms with Gasteiger partial charge in [-0.25, -0.2) is 0 Å². The van der Waals surface area contributed by atoms with Crippen LogP contribution in [0.15, 0.2) is 54.6 Å². The smallest absolute Gasteiger partial charge is 0.311 e. The van der Waals surface area contributed by atoms with E-state index in [0.29, 0.717) is 12.4 Å². The Morgan fingerprint density at radius 3 is 2.69 bits per heavy atom. The average Bonchev–Trinajstić information content (AvgIpc) is 3.39. The maximum Gasteiger partial charge on any atom is 0.311 e. The van der Waals surface area contributed by atoms with Crippen molar-refractivity contribution in [2.75, 3.05) is 11.4 Å². The molecule has 29 heavy (non-hydrogen) atoms. The molecular formula is C21H21N5O3. The molecule has 1 amide bonds. The number of hydrogen-bond donors (Lipinski definition) is 0. The minimum absolute atomic E-state index is 0.0586. The molecule has 1 aliphatic heterocycles. The second-order valence-electron chi connectivity index (χ2n) is 6.84. The number of tetrazole rings is 1. The van der Waals surface area contributed by atoms with Crippen molar-refractivity contribution in [3.8, 4) is 5.69 Å². The lowest BCUT2D eigenvalue weighted by molar-refractivity contribution is -0.150. The monoisotopic (exact) mass is 391 g/mol. The van der Waals surface area contributed by atoms with Crippen LogP contribution in [0.2, 0.25) is 0 Å². The van der Waals surface area contributed by atoms with Gasteiger partial charge >= 0.3 is 5.97 Å². The summed E-state index contributed by atoms with van der Waals surface area (Å²) in [4.78, 5) is 26.8. The molecule has 148 valence electrons. The highest BCUT2D eigenvalue weighted by molar-refractivity contribution is 6.00. The van der Waals surface area contributed by atoms with Crippen LogP contribution in [0.1, 0.15) is 24.7 Å². The Labute approximate surface area is 168 Å². The molecule has 0 bridgehead atoms. The summed E-state index contributed by atoms with van der Waals surface area (Å²) >= 11 is 0. The number of ether oxygens (including phenoxy) is 1. The van der Waals surface area contributed by atoms with Crippen LogP contribution < -0.4 is 4.90 Å². The van der Waals surface area contributed by atoms with Crippen molar-refractivity contribution in [2.24, 2.45) is 5.92 Å². The van der Waals surface area contributed by atoms with E-state index in [0.717, 1.165) is 23.4 Å². The Kier molecular flexibility index (Phi) is 5.33. The minimum Gasteiger partial charge on any atom is -0.457 e. The fourth-order valence-electron chi connectivity index (χ4n) is 3.49. The Balaban J connectivity index is 1.42. The number of anilines is 1. The summed E-state index contributed by atoms with van der Waals surface area (Å²) in [5.41, 5.74) is 2.72. The third-order valence-corrected chi connectivity index (χ3v) is 5.00. The molecule has 0 aliphatic carbocycles. The molecule has 4 rings (SSSR count). The van der Waals surface area contributed by atoms with E-state index in [1.165, 1.54) is 4.68 Å². The van der Waals surface area contributed by atoms with Gasteiger partial charge in [-0.05, 0) is 40.6 Å². The third kappa shape index (κ3) is 3.87. The predicted octanol–water partition coefficient (Wildman–Crippen LogP) is 2.32. The van der Waals surface area contributed by atoms with E-state index in [9.17, 15) is 9.59 Å². The summed E-state index contributed by atoms with van der Waals surface area (Å²) in [5.74, 6) is -0.574. The van der Waals surface area contributed by atoms with Crippen molar-refractivity contribution in [1.29, 1.82) is 0 Å². The Morgan fingerprint density at radius 1 is 1.14 bits per heavy atom. The zero-order valence-electron chi connectivity index (χ0n) is 16.1. The fraction of sp³-hybridized carbons (Fsp3) is 0.286. The Morgan fingerprint density at radius 2 is 1.90 bits per heavy atom. The number of benzene rings is 2. The maximum absolute atomic E-state index is 12.6. The Hall–Kier alpha value is -3.55. The van der Waals surface area contributed by atoms with Gasteiger partial charge in [0.25, 0.3) is 0 Å². The van der Waals surface area contributed by atoms with Gasteiger partial charge in [-0.15, -0.1) is 5.10 Å². The number of para-hydroxylation sites is 2. The van der Waals surface area contributed by atoms with Gasteiger partial charge in [0.1, 0.15) is 0 Å². The lowest BCUT2D eigenvalue weighted by atomic mass is 10.1. The van der Waals surface area contributed by atoms with E-state index in [1.54, 1.807) is 4.90 Å². The normalized spacial score (nSPS) is 16.2. The first-order valence-corrected chi connectivity index (χ1v) is 9.55. The molecule has 1 saturated heterocycles. The van der Waals surface area contributed by atoms with Crippen LogP contribution in [-0.4, -0.2) is 38.6 Å². The van der Waals surface area contributed by atoms with Crippen LogP contribution in [-0.2, 0) is 27.4 Å². The summed E-state index contributed by atoms with van der Waals surface area (Å²) in [5, 5.41) is 11.6. The molecule has 1 fully saturated rings. The number of nitrogens with zero attached hydrogens (tertiary/aromatic N) is 5. The van der Waals surface area contributed by atoms with Gasteiger partial charge in [0.05, 0.1) is 11.6 Å². The Bertz CT molecular complexity index is 1020. The molecule has 8 nitrogen and oxygen atoms in total. The minimum atomic E-state index is -0.506. The molecule has 3 aromatic rings. The second kappa shape index (κ2) is 8.22. The lowest BCUT2D eigenvalue weighted by Crippen LogP contribution is -2.27. The quantitative estimate of drug-likeness (QED) is 0.599. The van der Waals surface area contributed by atoms with E-state index in [1.807, 2.05) is 61.5 Å². The summed E-state index contributed by atoms with van der Waals surface area (Å²) in [6, 6.07) is 17.1. The zero-order valence-corrected chi connectivity index (χ0v) is 16.1. The summed E-state index contributed by atoms with van der Waals surface area (Å²) in [6.07, 6.45) is 0.956. The van der Waals surface area contributed by atoms with Crippen LogP contribution in [0.3, 0.4) is 0 Å². The van der Waals surface area contributed by atoms with Gasteiger partial charge in [-0.3, -0.25) is 9.59 Å². The van der Waals surface area contributed by atoms with E-state index in [2.05, 4.69) is 15.5 Å². The van der Waals surface area contributed by atoms with Gasteiger partial charge in [0, 0.05) is 18.7 Å². The van der Waals surface area contributed by atoms with Crippen molar-refractivity contribution >= 4 is 17.6 Å². The molecule has 0 spiro atoms. The van der Waals surface area contributed by atoms with Crippen LogP contribution in [0, 0.1) is 5.92 Å². The highest BCUT2D eigenvalue weighted by Gasteiger charge is 2.37. The first-order valence-electron chi connectivity index (χ1n) is 9.55. The number of amides is 1. The zero-order chi connectivity index (χ0) is 20.2. The van der Waals surface area contributed by atoms with Crippen LogP contribution in [0.25, 0.3) is 5.69 Å². The average molecular weight is 391 g/mol. The summed E-state index contributed by atoms with van der Waals surface area (Å²) in [7, 11) is 0. The van der Waals surface area contributed by atoms with Gasteiger partial charge in [-0.1, -0.05) is 43.3 Å². The van der Waals surface area contributed by atoms with E-state index in [4.69, 9.17) is 4.74 Å². The van der Waals surface area contributed by atoms with Crippen molar-refractivity contribution < 1.29 is 14.3 Å². The first-order chi connectivity index (χ1) is 14.2. The fourth-order valence-corrected chi connectivity index (χ4v) is 3.49. The molecule has 1 unspecified atom stereocenters. The number of aryl methyl sites for hydroxylation is 1. The topological polar surface area (TPSA) is 90.2 Å². The number of esters is 1. The highest BCUT2D eigenvalue weighted by Crippen LogP contribution is 2.29. The molecular weight excluding hydrogens is 370 g/mol. The summed E-state index contributed by atoms with van der Waals surface area (Å²) in [6.45, 7) is 2.30. The standard InChI is InChI=1S/C21H21N5O3/c1-2-15-8-6-7-11-18(15)25-13-16(12-20(25)27)21(28)29-14-19-22-23-24-26(19)17-9-4-3-5-10-17/h3-11,16H,2,12-14H2,1H3. The van der Waals surface area contributed by atoms with Crippen molar-refractivity contribution in [3.63, 3.8) is 0 Å². The number of carbonyl (C=O) groups is 2. The van der Waals surface area contributed by atoms with Crippen LogP contribution >= 0.6 is 0 Å². The van der Waals surface area contributed by atoms with Gasteiger partial charge < -0.3 is 9.64 Å². The molecule has 1 aliphatic rings. The van der Waals surface area contributed by atoms with Crippen molar-refractivity contribution in [2.45, 2.75) is 26.4 Å². The molecule has 0 N–H and O–H groups in total. The number of hydrogen-bond acceptors (Lipinski definition) is 6. The van der Waals surface area contributed by atoms with E-state index < -0.39 is 11.9 Å². The molecule has 0 radical (unpaired) electrons. The van der Waals surface area contributed by atoms with Gasteiger partial charge in [-0.2, -0.15) is 4.68 Å². The molecule has 2 aromatic carbocycles.